The van der Waals surface area contributed by atoms with Crippen LogP contribution in [0.3, 0.4) is 0 Å². The summed E-state index contributed by atoms with van der Waals surface area (Å²) in [6.07, 6.45) is -2.31. The van der Waals surface area contributed by atoms with E-state index in [1.54, 1.807) is 0 Å². The first kappa shape index (κ1) is 18.8. The Morgan fingerprint density at radius 2 is 1.96 bits per heavy atom. The number of imidazole rings is 1. The predicted molar refractivity (Wildman–Crippen MR) is 85.6 cm³/mol. The Morgan fingerprint density at radius 3 is 2.58 bits per heavy atom. The average molecular weight is 390 g/mol. The molecule has 142 valence electrons. The average Bonchev–Trinajstić information content (AvgIpc) is 3.24. The highest BCUT2D eigenvalue weighted by molar-refractivity contribution is 7.89. The fourth-order valence-corrected chi connectivity index (χ4v) is 3.76. The molecule has 0 bridgehead atoms. The van der Waals surface area contributed by atoms with E-state index in [-0.39, 0.29) is 11.6 Å². The van der Waals surface area contributed by atoms with Crippen LogP contribution in [0.2, 0.25) is 0 Å². The highest BCUT2D eigenvalue weighted by Gasteiger charge is 2.33. The molecule has 1 aliphatic heterocycles. The summed E-state index contributed by atoms with van der Waals surface area (Å²) in [5, 5.41) is 2.91. The van der Waals surface area contributed by atoms with Gasteiger partial charge in [0, 0.05) is 19.3 Å². The van der Waals surface area contributed by atoms with Gasteiger partial charge in [0.15, 0.2) is 5.03 Å². The lowest BCUT2D eigenvalue weighted by atomic mass is 10.1. The fourth-order valence-electron chi connectivity index (χ4n) is 2.59. The molecule has 0 radical (unpaired) electrons. The number of benzene rings is 1. The Morgan fingerprint density at radius 1 is 1.23 bits per heavy atom. The first-order valence-corrected chi connectivity index (χ1v) is 9.23. The van der Waals surface area contributed by atoms with Crippen LogP contribution in [0.4, 0.5) is 13.2 Å². The number of aromatic amines is 1. The number of sulfonamides is 1. The number of alkyl halides is 3. The van der Waals surface area contributed by atoms with Gasteiger partial charge in [0.05, 0.1) is 30.6 Å². The van der Waals surface area contributed by atoms with Crippen molar-refractivity contribution >= 4 is 10.0 Å². The van der Waals surface area contributed by atoms with Crippen LogP contribution in [0.5, 0.6) is 0 Å². The number of ether oxygens (including phenoxy) is 1. The van der Waals surface area contributed by atoms with Crippen molar-refractivity contribution < 1.29 is 26.3 Å². The molecule has 0 spiro atoms. The second-order valence-electron chi connectivity index (χ2n) is 5.84. The molecular formula is C15H17F3N4O3S. The van der Waals surface area contributed by atoms with Gasteiger partial charge in [-0.05, 0) is 17.7 Å². The molecule has 2 heterocycles. The van der Waals surface area contributed by atoms with E-state index in [2.05, 4.69) is 20.0 Å². The summed E-state index contributed by atoms with van der Waals surface area (Å²) < 4.78 is 70.3. The summed E-state index contributed by atoms with van der Waals surface area (Å²) in [5.41, 5.74) is -0.160. The van der Waals surface area contributed by atoms with Gasteiger partial charge in [0.1, 0.15) is 0 Å². The normalized spacial score (nSPS) is 21.2. The largest absolute Gasteiger partial charge is 0.416 e. The van der Waals surface area contributed by atoms with Crippen molar-refractivity contribution in [2.75, 3.05) is 13.1 Å². The van der Waals surface area contributed by atoms with Crippen molar-refractivity contribution in [1.82, 2.24) is 20.0 Å². The quantitative estimate of drug-likeness (QED) is 0.690. The van der Waals surface area contributed by atoms with Crippen LogP contribution in [0.1, 0.15) is 11.1 Å². The van der Waals surface area contributed by atoms with Gasteiger partial charge in [-0.15, -0.1) is 0 Å². The third-order valence-electron chi connectivity index (χ3n) is 3.96. The zero-order valence-corrected chi connectivity index (χ0v) is 14.3. The van der Waals surface area contributed by atoms with Gasteiger partial charge < -0.3 is 15.0 Å². The lowest BCUT2D eigenvalue weighted by Gasteiger charge is -2.20. The standard InChI is InChI=1S/C15H17F3N4O3S/c16-15(17,18)11-3-1-10(2-4-11)8-25-13-6-19-5-12(13)22-26(23,24)14-7-20-9-21-14/h1-4,7,9,12-13,19,22H,5-6,8H2,(H,20,21)/t12-,13-/m1/s1. The first-order chi connectivity index (χ1) is 12.3. The Bertz CT molecular complexity index is 823. The van der Waals surface area contributed by atoms with Gasteiger partial charge in [0.25, 0.3) is 10.0 Å². The topological polar surface area (TPSA) is 96.1 Å². The van der Waals surface area contributed by atoms with E-state index in [1.807, 2.05) is 0 Å². The van der Waals surface area contributed by atoms with E-state index in [0.29, 0.717) is 18.7 Å². The fraction of sp³-hybridized carbons (Fsp3) is 0.400. The molecule has 1 aromatic carbocycles. The molecule has 1 aromatic heterocycles. The Hall–Kier alpha value is -1.95. The molecule has 0 saturated carbocycles. The SMILES string of the molecule is O=S(=O)(N[C@@H]1CNC[C@H]1OCc1ccc(C(F)(F)F)cc1)c1c[nH]cn1. The maximum atomic E-state index is 12.6. The monoisotopic (exact) mass is 390 g/mol. The molecule has 0 amide bonds. The van der Waals surface area contributed by atoms with Gasteiger partial charge in [-0.25, -0.2) is 18.1 Å². The molecule has 1 fully saturated rings. The molecule has 0 aliphatic carbocycles. The van der Waals surface area contributed by atoms with Gasteiger partial charge in [-0.2, -0.15) is 13.2 Å². The summed E-state index contributed by atoms with van der Waals surface area (Å²) in [5.74, 6) is 0. The zero-order chi connectivity index (χ0) is 18.8. The number of nitrogens with zero attached hydrogens (tertiary/aromatic N) is 1. The number of aromatic nitrogens is 2. The summed E-state index contributed by atoms with van der Waals surface area (Å²) in [7, 11) is -3.78. The van der Waals surface area contributed by atoms with Gasteiger partial charge >= 0.3 is 6.18 Å². The number of H-pyrrole nitrogens is 1. The molecule has 2 atom stereocenters. The van der Waals surface area contributed by atoms with Crippen molar-refractivity contribution in [1.29, 1.82) is 0 Å². The van der Waals surface area contributed by atoms with Crippen LogP contribution in [-0.2, 0) is 27.5 Å². The van der Waals surface area contributed by atoms with Crippen molar-refractivity contribution in [3.63, 3.8) is 0 Å². The van der Waals surface area contributed by atoms with Crippen molar-refractivity contribution in [3.8, 4) is 0 Å². The zero-order valence-electron chi connectivity index (χ0n) is 13.5. The van der Waals surface area contributed by atoms with Crippen molar-refractivity contribution in [2.45, 2.75) is 30.0 Å². The molecule has 2 aromatic rings. The third kappa shape index (κ3) is 4.41. The summed E-state index contributed by atoms with van der Waals surface area (Å²) in [6.45, 7) is 0.876. The van der Waals surface area contributed by atoms with Crippen molar-refractivity contribution in [2.24, 2.45) is 0 Å². The Labute approximate surface area is 148 Å². The summed E-state index contributed by atoms with van der Waals surface area (Å²) >= 11 is 0. The first-order valence-electron chi connectivity index (χ1n) is 7.75. The van der Waals surface area contributed by atoms with Gasteiger partial charge in [-0.3, -0.25) is 0 Å². The van der Waals surface area contributed by atoms with Crippen LogP contribution in [0.25, 0.3) is 0 Å². The molecule has 3 rings (SSSR count). The number of rotatable bonds is 6. The van der Waals surface area contributed by atoms with E-state index in [1.165, 1.54) is 24.7 Å². The molecule has 7 nitrogen and oxygen atoms in total. The van der Waals surface area contributed by atoms with Crippen LogP contribution in [-0.4, -0.2) is 43.6 Å². The van der Waals surface area contributed by atoms with Crippen molar-refractivity contribution in [3.05, 3.63) is 47.9 Å². The highest BCUT2D eigenvalue weighted by atomic mass is 32.2. The highest BCUT2D eigenvalue weighted by Crippen LogP contribution is 2.29. The van der Waals surface area contributed by atoms with Crippen LogP contribution in [0, 0.1) is 0 Å². The molecule has 26 heavy (non-hydrogen) atoms. The van der Waals surface area contributed by atoms with E-state index in [9.17, 15) is 21.6 Å². The lowest BCUT2D eigenvalue weighted by molar-refractivity contribution is -0.137. The third-order valence-corrected chi connectivity index (χ3v) is 5.35. The molecule has 3 N–H and O–H groups in total. The number of halogens is 3. The van der Waals surface area contributed by atoms with Gasteiger partial charge in [0.2, 0.25) is 0 Å². The summed E-state index contributed by atoms with van der Waals surface area (Å²) in [4.78, 5) is 6.29. The molecule has 1 aliphatic rings. The summed E-state index contributed by atoms with van der Waals surface area (Å²) in [6, 6.07) is 4.15. The Balaban J connectivity index is 1.59. The number of nitrogens with one attached hydrogen (secondary N) is 3. The molecule has 11 heteroatoms. The smallest absolute Gasteiger partial charge is 0.371 e. The second-order valence-corrected chi connectivity index (χ2v) is 7.50. The molecule has 0 unspecified atom stereocenters. The minimum atomic E-state index is -4.38. The van der Waals surface area contributed by atoms with E-state index < -0.39 is 33.9 Å². The van der Waals surface area contributed by atoms with E-state index in [0.717, 1.165) is 12.1 Å². The van der Waals surface area contributed by atoms with Crippen LogP contribution >= 0.6 is 0 Å². The van der Waals surface area contributed by atoms with E-state index >= 15 is 0 Å². The maximum absolute atomic E-state index is 12.6. The molecular weight excluding hydrogens is 373 g/mol. The number of hydrogen-bond donors (Lipinski definition) is 3. The minimum absolute atomic E-state index is 0.0745. The molecule has 1 saturated heterocycles. The van der Waals surface area contributed by atoms with Gasteiger partial charge in [-0.1, -0.05) is 12.1 Å². The minimum Gasteiger partial charge on any atom is -0.371 e. The predicted octanol–water partition coefficient (Wildman–Crippen LogP) is 1.26. The number of hydrogen-bond acceptors (Lipinski definition) is 5. The van der Waals surface area contributed by atoms with E-state index in [4.69, 9.17) is 4.74 Å². The Kier molecular flexibility index (Phi) is 5.32. The maximum Gasteiger partial charge on any atom is 0.416 e. The van der Waals surface area contributed by atoms with Crippen LogP contribution < -0.4 is 10.0 Å². The lowest BCUT2D eigenvalue weighted by Crippen LogP contribution is -2.43. The van der Waals surface area contributed by atoms with Crippen LogP contribution in [0.15, 0.2) is 41.8 Å². The second kappa shape index (κ2) is 7.35.